The summed E-state index contributed by atoms with van der Waals surface area (Å²) in [5.41, 5.74) is 1.68. The lowest BCUT2D eigenvalue weighted by Gasteiger charge is -2.08. The Hall–Kier alpha value is -1.88. The van der Waals surface area contributed by atoms with E-state index in [0.29, 0.717) is 4.88 Å². The molecule has 0 fully saturated rings. The Bertz CT molecular complexity index is 662. The van der Waals surface area contributed by atoms with Gasteiger partial charge in [-0.3, -0.25) is 4.79 Å². The summed E-state index contributed by atoms with van der Waals surface area (Å²) in [7, 11) is 3.24. The van der Waals surface area contributed by atoms with Crippen LogP contribution in [0, 0.1) is 0 Å². The first-order valence-electron chi connectivity index (χ1n) is 6.72. The molecule has 5 heteroatoms. The molecule has 0 saturated heterocycles. The van der Waals surface area contributed by atoms with Crippen molar-refractivity contribution in [2.75, 3.05) is 14.2 Å². The van der Waals surface area contributed by atoms with Crippen LogP contribution in [0.1, 0.15) is 42.1 Å². The zero-order chi connectivity index (χ0) is 15.6. The molecule has 2 aromatic rings. The molecule has 0 N–H and O–H groups in total. The van der Waals surface area contributed by atoms with Gasteiger partial charge >= 0.3 is 0 Å². The van der Waals surface area contributed by atoms with Crippen LogP contribution in [0.15, 0.2) is 18.2 Å². The van der Waals surface area contributed by atoms with Gasteiger partial charge in [0.2, 0.25) is 0 Å². The molecule has 0 aliphatic heterocycles. The lowest BCUT2D eigenvalue weighted by molar-refractivity contribution is 0.102. The van der Waals surface area contributed by atoms with Gasteiger partial charge in [-0.2, -0.15) is 0 Å². The maximum Gasteiger partial charge on any atom is 0.171 e. The molecule has 1 heterocycles. The van der Waals surface area contributed by atoms with Crippen LogP contribution in [0.25, 0.3) is 10.6 Å². The fourth-order valence-electron chi connectivity index (χ4n) is 2.07. The highest BCUT2D eigenvalue weighted by Crippen LogP contribution is 2.38. The Kier molecular flexibility index (Phi) is 4.63. The smallest absolute Gasteiger partial charge is 0.171 e. The van der Waals surface area contributed by atoms with Crippen LogP contribution in [0.2, 0.25) is 0 Å². The van der Waals surface area contributed by atoms with Gasteiger partial charge in [0.25, 0.3) is 0 Å². The van der Waals surface area contributed by atoms with E-state index in [2.05, 4.69) is 4.98 Å². The number of Topliss-reactive ketones (excluding diaryl/α,β-unsaturated/α-hetero) is 1. The summed E-state index contributed by atoms with van der Waals surface area (Å²) in [5, 5.41) is 0.777. The number of thiazole rings is 1. The molecule has 0 radical (unpaired) electrons. The number of nitrogens with zero attached hydrogens (tertiary/aromatic N) is 1. The second-order valence-electron chi connectivity index (χ2n) is 5.01. The first-order valence-corrected chi connectivity index (χ1v) is 7.53. The van der Waals surface area contributed by atoms with Crippen molar-refractivity contribution in [2.45, 2.75) is 26.7 Å². The third-order valence-corrected chi connectivity index (χ3v) is 4.36. The first-order chi connectivity index (χ1) is 9.97. The Balaban J connectivity index is 2.61. The van der Waals surface area contributed by atoms with Crippen molar-refractivity contribution in [3.63, 3.8) is 0 Å². The molecule has 0 unspecified atom stereocenters. The highest BCUT2D eigenvalue weighted by Gasteiger charge is 2.20. The molecule has 1 aromatic heterocycles. The molecule has 0 amide bonds. The van der Waals surface area contributed by atoms with Crippen molar-refractivity contribution < 1.29 is 14.3 Å². The van der Waals surface area contributed by atoms with E-state index in [9.17, 15) is 4.79 Å². The minimum Gasteiger partial charge on any atom is -0.497 e. The van der Waals surface area contributed by atoms with E-state index in [4.69, 9.17) is 9.47 Å². The standard InChI is InChI=1S/C16H19NO3S/c1-9(2)14-15(10(3)18)21-16(17-14)12-8-11(19-4)6-7-13(12)20-5/h6-9H,1-5H3. The van der Waals surface area contributed by atoms with Crippen molar-refractivity contribution in [1.82, 2.24) is 4.98 Å². The zero-order valence-corrected chi connectivity index (χ0v) is 13.7. The van der Waals surface area contributed by atoms with Crippen LogP contribution in [-0.4, -0.2) is 25.0 Å². The molecule has 0 aliphatic rings. The van der Waals surface area contributed by atoms with E-state index in [1.54, 1.807) is 21.1 Å². The summed E-state index contributed by atoms with van der Waals surface area (Å²) in [5.74, 6) is 1.70. The molecule has 1 aromatic carbocycles. The van der Waals surface area contributed by atoms with E-state index in [1.165, 1.54) is 11.3 Å². The first kappa shape index (κ1) is 15.5. The summed E-state index contributed by atoms with van der Waals surface area (Å²) < 4.78 is 10.7. The number of hydrogen-bond donors (Lipinski definition) is 0. The van der Waals surface area contributed by atoms with Crippen molar-refractivity contribution in [1.29, 1.82) is 0 Å². The highest BCUT2D eigenvalue weighted by molar-refractivity contribution is 7.17. The lowest BCUT2D eigenvalue weighted by Crippen LogP contribution is -1.97. The fourth-order valence-corrected chi connectivity index (χ4v) is 3.21. The normalized spacial score (nSPS) is 10.8. The van der Waals surface area contributed by atoms with Gasteiger partial charge in [0.05, 0.1) is 30.4 Å². The fraction of sp³-hybridized carbons (Fsp3) is 0.375. The minimum atomic E-state index is 0.0457. The SMILES string of the molecule is COc1ccc(OC)c(-c2nc(C(C)C)c(C(C)=O)s2)c1. The van der Waals surface area contributed by atoms with E-state index in [1.807, 2.05) is 32.0 Å². The molecule has 112 valence electrons. The number of carbonyl (C=O) groups is 1. The molecular formula is C16H19NO3S. The summed E-state index contributed by atoms with van der Waals surface area (Å²) in [6, 6.07) is 5.56. The number of hydrogen-bond acceptors (Lipinski definition) is 5. The Morgan fingerprint density at radius 2 is 1.95 bits per heavy atom. The Labute approximate surface area is 128 Å². The van der Waals surface area contributed by atoms with Gasteiger partial charge in [-0.1, -0.05) is 13.8 Å². The predicted molar refractivity (Wildman–Crippen MR) is 84.7 cm³/mol. The number of rotatable bonds is 5. The average molecular weight is 305 g/mol. The van der Waals surface area contributed by atoms with E-state index < -0.39 is 0 Å². The van der Waals surface area contributed by atoms with Crippen LogP contribution in [0.5, 0.6) is 11.5 Å². The van der Waals surface area contributed by atoms with Gasteiger partial charge in [-0.05, 0) is 24.1 Å². The maximum atomic E-state index is 11.8. The number of aromatic nitrogens is 1. The Morgan fingerprint density at radius 1 is 1.24 bits per heavy atom. The van der Waals surface area contributed by atoms with Crippen LogP contribution in [0.3, 0.4) is 0 Å². The van der Waals surface area contributed by atoms with Gasteiger partial charge in [0, 0.05) is 6.92 Å². The summed E-state index contributed by atoms with van der Waals surface area (Å²) in [6.45, 7) is 5.65. The van der Waals surface area contributed by atoms with Gasteiger partial charge < -0.3 is 9.47 Å². The monoisotopic (exact) mass is 305 g/mol. The number of ether oxygens (including phenoxy) is 2. The van der Waals surface area contributed by atoms with Gasteiger partial charge in [-0.25, -0.2) is 4.98 Å². The summed E-state index contributed by atoms with van der Waals surface area (Å²) in [4.78, 5) is 17.2. The maximum absolute atomic E-state index is 11.8. The number of ketones is 1. The zero-order valence-electron chi connectivity index (χ0n) is 12.9. The number of methoxy groups -OCH3 is 2. The molecule has 0 bridgehead atoms. The van der Waals surface area contributed by atoms with Crippen molar-refractivity contribution in [3.05, 3.63) is 28.8 Å². The number of benzene rings is 1. The van der Waals surface area contributed by atoms with Crippen LogP contribution in [0.4, 0.5) is 0 Å². The minimum absolute atomic E-state index is 0.0457. The third kappa shape index (κ3) is 3.08. The topological polar surface area (TPSA) is 48.4 Å². The molecular weight excluding hydrogens is 286 g/mol. The third-order valence-electron chi connectivity index (χ3n) is 3.16. The molecule has 4 nitrogen and oxygen atoms in total. The molecule has 0 aliphatic carbocycles. The molecule has 21 heavy (non-hydrogen) atoms. The van der Waals surface area contributed by atoms with Gasteiger partial charge in [0.15, 0.2) is 5.78 Å². The molecule has 2 rings (SSSR count). The number of carbonyl (C=O) groups excluding carboxylic acids is 1. The highest BCUT2D eigenvalue weighted by atomic mass is 32.1. The Morgan fingerprint density at radius 3 is 2.43 bits per heavy atom. The largest absolute Gasteiger partial charge is 0.497 e. The average Bonchev–Trinajstić information content (AvgIpc) is 2.92. The van der Waals surface area contributed by atoms with Crippen molar-refractivity contribution >= 4 is 17.1 Å². The molecule has 0 spiro atoms. The second-order valence-corrected chi connectivity index (χ2v) is 6.01. The van der Waals surface area contributed by atoms with Crippen molar-refractivity contribution in [2.24, 2.45) is 0 Å². The van der Waals surface area contributed by atoms with E-state index >= 15 is 0 Å². The van der Waals surface area contributed by atoms with E-state index in [0.717, 1.165) is 27.8 Å². The lowest BCUT2D eigenvalue weighted by atomic mass is 10.1. The van der Waals surface area contributed by atoms with Gasteiger partial charge in [0.1, 0.15) is 16.5 Å². The summed E-state index contributed by atoms with van der Waals surface area (Å²) in [6.07, 6.45) is 0. The molecule has 0 saturated carbocycles. The second kappa shape index (κ2) is 6.26. The quantitative estimate of drug-likeness (QED) is 0.778. The van der Waals surface area contributed by atoms with Gasteiger partial charge in [-0.15, -0.1) is 11.3 Å². The predicted octanol–water partition coefficient (Wildman–Crippen LogP) is 4.15. The van der Waals surface area contributed by atoms with Crippen LogP contribution < -0.4 is 9.47 Å². The van der Waals surface area contributed by atoms with E-state index in [-0.39, 0.29) is 11.7 Å². The molecule has 0 atom stereocenters. The summed E-state index contributed by atoms with van der Waals surface area (Å²) >= 11 is 1.40. The van der Waals surface area contributed by atoms with Crippen molar-refractivity contribution in [3.8, 4) is 22.1 Å². The van der Waals surface area contributed by atoms with Crippen LogP contribution in [-0.2, 0) is 0 Å². The van der Waals surface area contributed by atoms with Crippen LogP contribution >= 0.6 is 11.3 Å².